The van der Waals surface area contributed by atoms with Gasteiger partial charge in [-0.3, -0.25) is 14.6 Å². The minimum absolute atomic E-state index is 0.127. The van der Waals surface area contributed by atoms with Gasteiger partial charge in [0.05, 0.1) is 19.2 Å². The SMILES string of the molecule is C[C@@H]1CN([C@H](C)CO)C(=O)c2cc(/C=C/c3ccccc3)cnc2O[C@H]1CN(C)C(=O)c1ccncc1. The molecule has 0 bridgehead atoms. The molecule has 37 heavy (non-hydrogen) atoms. The van der Waals surface area contributed by atoms with Gasteiger partial charge in [0.15, 0.2) is 0 Å². The molecule has 0 spiro atoms. The summed E-state index contributed by atoms with van der Waals surface area (Å²) in [4.78, 5) is 38.3. The van der Waals surface area contributed by atoms with Gasteiger partial charge < -0.3 is 19.6 Å². The van der Waals surface area contributed by atoms with Crippen LogP contribution in [0.2, 0.25) is 0 Å². The maximum absolute atomic E-state index is 13.6. The Kier molecular flexibility index (Phi) is 8.30. The van der Waals surface area contributed by atoms with Gasteiger partial charge in [-0.2, -0.15) is 0 Å². The number of hydrogen-bond donors (Lipinski definition) is 1. The zero-order chi connectivity index (χ0) is 26.4. The van der Waals surface area contributed by atoms with Crippen LogP contribution >= 0.6 is 0 Å². The van der Waals surface area contributed by atoms with E-state index in [1.54, 1.807) is 53.6 Å². The summed E-state index contributed by atoms with van der Waals surface area (Å²) >= 11 is 0. The van der Waals surface area contributed by atoms with E-state index in [2.05, 4.69) is 9.97 Å². The fourth-order valence-electron chi connectivity index (χ4n) is 4.25. The molecular formula is C29H32N4O4. The average Bonchev–Trinajstić information content (AvgIpc) is 2.94. The molecule has 1 aromatic carbocycles. The standard InChI is InChI=1S/C29H32N4O4/c1-20-17-33(21(2)19-34)29(36)25-15-23(10-9-22-7-5-4-6-8-22)16-31-27(25)37-26(20)18-32(3)28(35)24-11-13-30-14-12-24/h4-16,20-21,26,34H,17-19H2,1-3H3/b10-9+/t20-,21-,26+/m1/s1. The fourth-order valence-corrected chi connectivity index (χ4v) is 4.25. The van der Waals surface area contributed by atoms with Gasteiger partial charge in [-0.15, -0.1) is 0 Å². The number of fused-ring (bicyclic) bond motifs is 1. The lowest BCUT2D eigenvalue weighted by molar-refractivity contribution is 0.0313. The van der Waals surface area contributed by atoms with Crippen LogP contribution in [0.15, 0.2) is 67.1 Å². The van der Waals surface area contributed by atoms with E-state index in [0.29, 0.717) is 24.2 Å². The number of aliphatic hydroxyl groups is 1. The number of aliphatic hydroxyl groups excluding tert-OH is 1. The largest absolute Gasteiger partial charge is 0.472 e. The molecule has 192 valence electrons. The number of likely N-dealkylation sites (N-methyl/N-ethyl adjacent to an activating group) is 1. The topological polar surface area (TPSA) is 95.9 Å². The molecule has 4 rings (SSSR count). The third-order valence-electron chi connectivity index (χ3n) is 6.54. The van der Waals surface area contributed by atoms with E-state index >= 15 is 0 Å². The highest BCUT2D eigenvalue weighted by atomic mass is 16.5. The molecule has 8 heteroatoms. The number of rotatable bonds is 7. The van der Waals surface area contributed by atoms with Gasteiger partial charge in [-0.05, 0) is 36.2 Å². The van der Waals surface area contributed by atoms with Gasteiger partial charge in [0.1, 0.15) is 11.7 Å². The van der Waals surface area contributed by atoms with Crippen molar-refractivity contribution < 1.29 is 19.4 Å². The van der Waals surface area contributed by atoms with Gasteiger partial charge >= 0.3 is 0 Å². The second-order valence-electron chi connectivity index (χ2n) is 9.41. The molecule has 1 N–H and O–H groups in total. The summed E-state index contributed by atoms with van der Waals surface area (Å²) in [5, 5.41) is 9.87. The number of pyridine rings is 2. The van der Waals surface area contributed by atoms with Crippen LogP contribution in [-0.4, -0.2) is 75.6 Å². The third-order valence-corrected chi connectivity index (χ3v) is 6.54. The van der Waals surface area contributed by atoms with Gasteiger partial charge in [-0.25, -0.2) is 4.98 Å². The number of carbonyl (C=O) groups is 2. The predicted octanol–water partition coefficient (Wildman–Crippen LogP) is 3.64. The van der Waals surface area contributed by atoms with E-state index in [1.165, 1.54) is 0 Å². The van der Waals surface area contributed by atoms with Crippen molar-refractivity contribution in [3.05, 3.63) is 89.4 Å². The maximum atomic E-state index is 13.6. The highest BCUT2D eigenvalue weighted by Gasteiger charge is 2.34. The molecule has 3 atom stereocenters. The zero-order valence-electron chi connectivity index (χ0n) is 21.3. The van der Waals surface area contributed by atoms with Crippen LogP contribution in [-0.2, 0) is 0 Å². The number of aromatic nitrogens is 2. The quantitative estimate of drug-likeness (QED) is 0.532. The van der Waals surface area contributed by atoms with Crippen molar-refractivity contribution in [3.63, 3.8) is 0 Å². The van der Waals surface area contributed by atoms with E-state index in [9.17, 15) is 14.7 Å². The number of amides is 2. The number of benzene rings is 1. The van der Waals surface area contributed by atoms with Gasteiger partial charge in [-0.1, -0.05) is 49.4 Å². The highest BCUT2D eigenvalue weighted by Crippen LogP contribution is 2.28. The van der Waals surface area contributed by atoms with Crippen LogP contribution in [0.5, 0.6) is 5.88 Å². The smallest absolute Gasteiger partial charge is 0.259 e. The molecule has 3 heterocycles. The first-order valence-corrected chi connectivity index (χ1v) is 12.3. The molecule has 0 fully saturated rings. The summed E-state index contributed by atoms with van der Waals surface area (Å²) < 4.78 is 6.30. The van der Waals surface area contributed by atoms with Crippen molar-refractivity contribution >= 4 is 24.0 Å². The predicted molar refractivity (Wildman–Crippen MR) is 142 cm³/mol. The summed E-state index contributed by atoms with van der Waals surface area (Å²) in [6.07, 6.45) is 8.26. The van der Waals surface area contributed by atoms with E-state index in [4.69, 9.17) is 4.74 Å². The molecule has 0 radical (unpaired) electrons. The molecule has 2 aromatic heterocycles. The van der Waals surface area contributed by atoms with Crippen molar-refractivity contribution in [2.24, 2.45) is 5.92 Å². The number of nitrogens with zero attached hydrogens (tertiary/aromatic N) is 4. The zero-order valence-corrected chi connectivity index (χ0v) is 21.3. The molecule has 0 unspecified atom stereocenters. The van der Waals surface area contributed by atoms with E-state index in [0.717, 1.165) is 11.1 Å². The Morgan fingerprint density at radius 3 is 2.59 bits per heavy atom. The summed E-state index contributed by atoms with van der Waals surface area (Å²) in [6, 6.07) is 14.6. The monoisotopic (exact) mass is 500 g/mol. The Hall–Kier alpha value is -4.04. The van der Waals surface area contributed by atoms with Crippen molar-refractivity contribution in [1.82, 2.24) is 19.8 Å². The van der Waals surface area contributed by atoms with Crippen LogP contribution in [0.3, 0.4) is 0 Å². The maximum Gasteiger partial charge on any atom is 0.259 e. The van der Waals surface area contributed by atoms with Crippen LogP contribution < -0.4 is 4.74 Å². The van der Waals surface area contributed by atoms with Crippen LogP contribution in [0.4, 0.5) is 0 Å². The van der Waals surface area contributed by atoms with E-state index in [1.807, 2.05) is 56.3 Å². The molecular weight excluding hydrogens is 468 g/mol. The van der Waals surface area contributed by atoms with Crippen LogP contribution in [0.25, 0.3) is 12.2 Å². The molecule has 1 aliphatic heterocycles. The van der Waals surface area contributed by atoms with E-state index in [-0.39, 0.29) is 36.3 Å². The first-order chi connectivity index (χ1) is 17.9. The first kappa shape index (κ1) is 26.0. The second-order valence-corrected chi connectivity index (χ2v) is 9.41. The summed E-state index contributed by atoms with van der Waals surface area (Å²) in [7, 11) is 1.72. The lowest BCUT2D eigenvalue weighted by Crippen LogP contribution is -2.50. The normalized spacial score (nSPS) is 18.5. The average molecular weight is 501 g/mol. The second kappa shape index (κ2) is 11.8. The molecule has 0 saturated carbocycles. The minimum Gasteiger partial charge on any atom is -0.472 e. The number of hydrogen-bond acceptors (Lipinski definition) is 6. The van der Waals surface area contributed by atoms with Crippen LogP contribution in [0, 0.1) is 5.92 Å². The molecule has 0 aliphatic carbocycles. The summed E-state index contributed by atoms with van der Waals surface area (Å²) in [6.45, 7) is 4.29. The van der Waals surface area contributed by atoms with Gasteiger partial charge in [0.2, 0.25) is 5.88 Å². The Bertz CT molecular complexity index is 1250. The van der Waals surface area contributed by atoms with Crippen molar-refractivity contribution in [2.45, 2.75) is 26.0 Å². The van der Waals surface area contributed by atoms with Gasteiger partial charge in [0.25, 0.3) is 11.8 Å². The lowest BCUT2D eigenvalue weighted by atomic mass is 9.99. The summed E-state index contributed by atoms with van der Waals surface area (Å²) in [5.41, 5.74) is 2.65. The van der Waals surface area contributed by atoms with Gasteiger partial charge in [0, 0.05) is 43.7 Å². The lowest BCUT2D eigenvalue weighted by Gasteiger charge is -2.37. The van der Waals surface area contributed by atoms with Crippen molar-refractivity contribution in [1.29, 1.82) is 0 Å². The Balaban J connectivity index is 1.64. The molecule has 8 nitrogen and oxygen atoms in total. The Morgan fingerprint density at radius 1 is 1.19 bits per heavy atom. The number of carbonyl (C=O) groups excluding carboxylic acids is 2. The first-order valence-electron chi connectivity index (χ1n) is 12.3. The van der Waals surface area contributed by atoms with Crippen molar-refractivity contribution in [2.75, 3.05) is 26.7 Å². The number of ether oxygens (including phenoxy) is 1. The minimum atomic E-state index is -0.422. The molecule has 0 saturated heterocycles. The molecule has 1 aliphatic rings. The van der Waals surface area contributed by atoms with Crippen molar-refractivity contribution in [3.8, 4) is 5.88 Å². The molecule has 3 aromatic rings. The van der Waals surface area contributed by atoms with Crippen LogP contribution in [0.1, 0.15) is 45.7 Å². The Morgan fingerprint density at radius 2 is 1.89 bits per heavy atom. The highest BCUT2D eigenvalue weighted by molar-refractivity contribution is 5.97. The third kappa shape index (κ3) is 6.21. The molecule has 2 amide bonds. The van der Waals surface area contributed by atoms with E-state index < -0.39 is 6.10 Å². The summed E-state index contributed by atoms with van der Waals surface area (Å²) in [5.74, 6) is -0.298. The fraction of sp³-hybridized carbons (Fsp3) is 0.310. The Labute approximate surface area is 217 Å².